The molecule has 1 fully saturated rings. The molecule has 1 saturated heterocycles. The molecule has 2 amide bonds. The van der Waals surface area contributed by atoms with Crippen molar-refractivity contribution in [1.82, 2.24) is 14.7 Å². The average molecular weight is 409 g/mol. The van der Waals surface area contributed by atoms with Crippen LogP contribution in [0.4, 0.5) is 4.79 Å². The number of amides is 2. The van der Waals surface area contributed by atoms with E-state index in [4.69, 9.17) is 15.3 Å². The maximum Gasteiger partial charge on any atom is 0.442 e. The second-order valence-electron chi connectivity index (χ2n) is 8.29. The molecule has 0 aromatic heterocycles. The molecule has 1 rings (SSSR count). The first-order valence-electron chi connectivity index (χ1n) is 8.83. The van der Waals surface area contributed by atoms with Crippen LogP contribution in [0.5, 0.6) is 0 Å². The van der Waals surface area contributed by atoms with Crippen molar-refractivity contribution >= 4 is 22.0 Å². The highest BCUT2D eigenvalue weighted by Crippen LogP contribution is 2.18. The van der Waals surface area contributed by atoms with E-state index in [0.29, 0.717) is 5.06 Å². The number of sulfonamides is 1. The standard InChI is InChI=1S/C16H32N4O6S/c1-15(2,3)25-14(22)20(26-16(4,5)6)13(21)12-11-19(9-8-18-12)27(23,24)10-7-17/h12,18H,7-11,17H2,1-6H3/t12-/m1/s1. The van der Waals surface area contributed by atoms with Gasteiger partial charge in [-0.05, 0) is 41.5 Å². The minimum atomic E-state index is -3.57. The highest BCUT2D eigenvalue weighted by Gasteiger charge is 2.39. The molecule has 158 valence electrons. The van der Waals surface area contributed by atoms with E-state index in [1.54, 1.807) is 41.5 Å². The minimum absolute atomic E-state index is 0.0119. The number of hydrogen-bond acceptors (Lipinski definition) is 8. The van der Waals surface area contributed by atoms with Crippen LogP contribution in [-0.4, -0.2) is 79.0 Å². The highest BCUT2D eigenvalue weighted by molar-refractivity contribution is 7.89. The van der Waals surface area contributed by atoms with Gasteiger partial charge in [-0.25, -0.2) is 13.2 Å². The third-order valence-corrected chi connectivity index (χ3v) is 5.20. The maximum absolute atomic E-state index is 12.9. The number of hydroxylamine groups is 2. The first-order valence-corrected chi connectivity index (χ1v) is 10.4. The van der Waals surface area contributed by atoms with Gasteiger partial charge in [0.15, 0.2) is 0 Å². The van der Waals surface area contributed by atoms with E-state index >= 15 is 0 Å². The molecule has 0 aliphatic carbocycles. The Hall–Kier alpha value is -1.27. The summed E-state index contributed by atoms with van der Waals surface area (Å²) in [6, 6.07) is -0.943. The summed E-state index contributed by atoms with van der Waals surface area (Å²) < 4.78 is 30.9. The number of nitrogens with two attached hydrogens (primary N) is 1. The summed E-state index contributed by atoms with van der Waals surface area (Å²) in [6.45, 7) is 10.4. The Kier molecular flexibility index (Phi) is 7.77. The first-order chi connectivity index (χ1) is 12.2. The SMILES string of the molecule is CC(C)(C)OC(=O)N(OC(C)(C)C)C(=O)[C@H]1CN(S(=O)(=O)CCN)CCN1. The van der Waals surface area contributed by atoms with Crippen molar-refractivity contribution in [2.24, 2.45) is 5.73 Å². The Bertz CT molecular complexity index is 638. The van der Waals surface area contributed by atoms with Crippen LogP contribution in [0.1, 0.15) is 41.5 Å². The zero-order chi connectivity index (χ0) is 21.0. The largest absolute Gasteiger partial charge is 0.442 e. The molecule has 27 heavy (non-hydrogen) atoms. The van der Waals surface area contributed by atoms with E-state index in [-0.39, 0.29) is 31.9 Å². The van der Waals surface area contributed by atoms with Crippen molar-refractivity contribution in [3.05, 3.63) is 0 Å². The van der Waals surface area contributed by atoms with Gasteiger partial charge in [-0.3, -0.25) is 9.63 Å². The molecule has 0 radical (unpaired) electrons. The second kappa shape index (κ2) is 8.82. The Morgan fingerprint density at radius 1 is 1.19 bits per heavy atom. The third-order valence-electron chi connectivity index (χ3n) is 3.33. The van der Waals surface area contributed by atoms with E-state index < -0.39 is 39.3 Å². The third kappa shape index (κ3) is 7.70. The van der Waals surface area contributed by atoms with Crippen LogP contribution < -0.4 is 11.1 Å². The average Bonchev–Trinajstić information content (AvgIpc) is 2.49. The fraction of sp³-hybridized carbons (Fsp3) is 0.875. The predicted molar refractivity (Wildman–Crippen MR) is 100 cm³/mol. The lowest BCUT2D eigenvalue weighted by atomic mass is 10.2. The van der Waals surface area contributed by atoms with Crippen LogP contribution in [0.3, 0.4) is 0 Å². The zero-order valence-electron chi connectivity index (χ0n) is 16.9. The van der Waals surface area contributed by atoms with E-state index in [1.165, 1.54) is 4.31 Å². The molecule has 1 aliphatic rings. The molecule has 10 nitrogen and oxygen atoms in total. The molecular weight excluding hydrogens is 376 g/mol. The molecule has 0 aromatic rings. The van der Waals surface area contributed by atoms with Crippen LogP contribution in [0.15, 0.2) is 0 Å². The van der Waals surface area contributed by atoms with Crippen molar-refractivity contribution in [3.8, 4) is 0 Å². The van der Waals surface area contributed by atoms with Crippen LogP contribution in [-0.2, 0) is 24.4 Å². The summed E-state index contributed by atoms with van der Waals surface area (Å²) in [5.41, 5.74) is 3.69. The number of carbonyl (C=O) groups excluding carboxylic acids is 2. The van der Waals surface area contributed by atoms with Gasteiger partial charge < -0.3 is 15.8 Å². The number of nitrogens with one attached hydrogen (secondary N) is 1. The molecule has 11 heteroatoms. The van der Waals surface area contributed by atoms with Gasteiger partial charge in [0.1, 0.15) is 11.6 Å². The molecule has 0 spiro atoms. The molecule has 1 heterocycles. The number of hydrogen-bond donors (Lipinski definition) is 2. The van der Waals surface area contributed by atoms with Gasteiger partial charge >= 0.3 is 6.09 Å². The van der Waals surface area contributed by atoms with E-state index in [1.807, 2.05) is 0 Å². The molecule has 1 atom stereocenters. The van der Waals surface area contributed by atoms with Gasteiger partial charge in [0.2, 0.25) is 10.0 Å². The quantitative estimate of drug-likeness (QED) is 0.610. The Morgan fingerprint density at radius 3 is 2.26 bits per heavy atom. The topological polar surface area (TPSA) is 131 Å². The lowest BCUT2D eigenvalue weighted by molar-refractivity contribution is -0.216. The molecular formula is C16H32N4O6S. The molecule has 0 unspecified atom stereocenters. The van der Waals surface area contributed by atoms with Crippen molar-refractivity contribution < 1.29 is 27.6 Å². The molecule has 0 bridgehead atoms. The van der Waals surface area contributed by atoms with Gasteiger partial charge in [-0.15, -0.1) is 5.06 Å². The summed E-state index contributed by atoms with van der Waals surface area (Å²) in [7, 11) is -3.57. The number of piperazine rings is 1. The summed E-state index contributed by atoms with van der Waals surface area (Å²) in [4.78, 5) is 30.9. The number of imide groups is 1. The van der Waals surface area contributed by atoms with E-state index in [0.717, 1.165) is 0 Å². The lowest BCUT2D eigenvalue weighted by Gasteiger charge is -2.36. The smallest absolute Gasteiger partial charge is 0.442 e. The Morgan fingerprint density at radius 2 is 1.78 bits per heavy atom. The van der Waals surface area contributed by atoms with Crippen LogP contribution in [0.2, 0.25) is 0 Å². The zero-order valence-corrected chi connectivity index (χ0v) is 17.8. The van der Waals surface area contributed by atoms with Crippen molar-refractivity contribution in [2.75, 3.05) is 31.9 Å². The number of nitrogens with zero attached hydrogens (tertiary/aromatic N) is 2. The van der Waals surface area contributed by atoms with Gasteiger partial charge in [-0.2, -0.15) is 4.31 Å². The second-order valence-corrected chi connectivity index (χ2v) is 10.4. The Labute approximate surface area is 161 Å². The van der Waals surface area contributed by atoms with Crippen LogP contribution in [0.25, 0.3) is 0 Å². The monoisotopic (exact) mass is 408 g/mol. The minimum Gasteiger partial charge on any atom is -0.442 e. The van der Waals surface area contributed by atoms with Gasteiger partial charge in [0.25, 0.3) is 5.91 Å². The maximum atomic E-state index is 12.9. The van der Waals surface area contributed by atoms with Gasteiger partial charge in [0.05, 0.1) is 11.4 Å². The summed E-state index contributed by atoms with van der Waals surface area (Å²) in [6.07, 6.45) is -0.953. The summed E-state index contributed by atoms with van der Waals surface area (Å²) >= 11 is 0. The van der Waals surface area contributed by atoms with E-state index in [9.17, 15) is 18.0 Å². The fourth-order valence-corrected chi connectivity index (χ4v) is 3.61. The first kappa shape index (κ1) is 23.8. The number of ether oxygens (including phenoxy) is 1. The molecule has 3 N–H and O–H groups in total. The lowest BCUT2D eigenvalue weighted by Crippen LogP contribution is -2.61. The summed E-state index contributed by atoms with van der Waals surface area (Å²) in [5, 5.41) is 3.50. The highest BCUT2D eigenvalue weighted by atomic mass is 32.2. The molecule has 0 aromatic carbocycles. The van der Waals surface area contributed by atoms with Crippen LogP contribution >= 0.6 is 0 Å². The number of carbonyl (C=O) groups is 2. The van der Waals surface area contributed by atoms with Gasteiger partial charge in [0, 0.05) is 26.2 Å². The van der Waals surface area contributed by atoms with Crippen molar-refractivity contribution in [2.45, 2.75) is 58.8 Å². The Balaban J connectivity index is 3.01. The fourth-order valence-electron chi connectivity index (χ4n) is 2.31. The van der Waals surface area contributed by atoms with Gasteiger partial charge in [-0.1, -0.05) is 0 Å². The molecule has 1 aliphatic heterocycles. The van der Waals surface area contributed by atoms with E-state index in [2.05, 4.69) is 5.32 Å². The van der Waals surface area contributed by atoms with Crippen molar-refractivity contribution in [1.29, 1.82) is 0 Å². The normalized spacial score (nSPS) is 19.6. The number of rotatable bonds is 5. The predicted octanol–water partition coefficient (Wildman–Crippen LogP) is 0.0425. The van der Waals surface area contributed by atoms with Crippen molar-refractivity contribution in [3.63, 3.8) is 0 Å². The molecule has 0 saturated carbocycles. The van der Waals surface area contributed by atoms with Crippen LogP contribution in [0, 0.1) is 0 Å². The summed E-state index contributed by atoms with van der Waals surface area (Å²) in [5.74, 6) is -0.922.